The summed E-state index contributed by atoms with van der Waals surface area (Å²) in [7, 11) is 1.45. The summed E-state index contributed by atoms with van der Waals surface area (Å²) in [4.78, 5) is 25.8. The van der Waals surface area contributed by atoms with Crippen molar-refractivity contribution in [2.24, 2.45) is 0 Å². The summed E-state index contributed by atoms with van der Waals surface area (Å²) in [5, 5.41) is 1.92. The Balaban J connectivity index is 1.95. The highest BCUT2D eigenvalue weighted by molar-refractivity contribution is 9.10. The smallest absolute Gasteiger partial charge is 0.333 e. The van der Waals surface area contributed by atoms with Crippen LogP contribution in [-0.2, 0) is 0 Å². The van der Waals surface area contributed by atoms with Gasteiger partial charge in [-0.05, 0) is 56.5 Å². The first-order chi connectivity index (χ1) is 14.9. The zero-order valence-corrected chi connectivity index (χ0v) is 18.9. The number of benzene rings is 3. The third kappa shape index (κ3) is 3.98. The maximum Gasteiger partial charge on any atom is 0.333 e. The van der Waals surface area contributed by atoms with Gasteiger partial charge in [0.05, 0.1) is 22.8 Å². The van der Waals surface area contributed by atoms with E-state index in [1.165, 1.54) is 31.3 Å². The maximum atomic E-state index is 15.8. The quantitative estimate of drug-likeness (QED) is 0.378. The van der Waals surface area contributed by atoms with Gasteiger partial charge in [0.15, 0.2) is 5.82 Å². The molecule has 0 bridgehead atoms. The number of methoxy groups -OCH3 is 1. The molecule has 0 atom stereocenters. The van der Waals surface area contributed by atoms with Gasteiger partial charge in [0, 0.05) is 24.2 Å². The Morgan fingerprint density at radius 3 is 2.55 bits per heavy atom. The van der Waals surface area contributed by atoms with Gasteiger partial charge in [0.2, 0.25) is 0 Å². The normalized spacial score (nSPS) is 11.0. The Kier molecular flexibility index (Phi) is 5.88. The molecule has 6 nitrogen and oxygen atoms in total. The molecule has 0 unspecified atom stereocenters. The number of rotatable bonds is 5. The van der Waals surface area contributed by atoms with Crippen molar-refractivity contribution in [2.75, 3.05) is 18.1 Å². The number of aromatic amines is 1. The lowest BCUT2D eigenvalue weighted by Crippen LogP contribution is -2.28. The molecule has 0 aliphatic rings. The second kappa shape index (κ2) is 8.60. The van der Waals surface area contributed by atoms with E-state index in [4.69, 9.17) is 4.74 Å². The van der Waals surface area contributed by atoms with Gasteiger partial charge >= 0.3 is 5.69 Å². The molecule has 0 radical (unpaired) electrons. The number of anilines is 1. The predicted molar refractivity (Wildman–Crippen MR) is 127 cm³/mol. The average molecular weight is 502 g/mol. The van der Waals surface area contributed by atoms with Crippen molar-refractivity contribution in [1.82, 2.24) is 9.55 Å². The molecular formula is C22H17BrFN3O3S. The molecule has 158 valence electrons. The number of nitrogens with one attached hydrogen (secondary N) is 2. The SMILES string of the molecule is COc1c(Br)cc(-n2ccc(=O)[nH]c2=O)c(F)c1-c1ccc2cc(NSC)ccc2c1. The van der Waals surface area contributed by atoms with Gasteiger partial charge in [-0.25, -0.2) is 9.18 Å². The molecule has 3 aromatic carbocycles. The highest BCUT2D eigenvalue weighted by Crippen LogP contribution is 2.42. The molecule has 1 heterocycles. The summed E-state index contributed by atoms with van der Waals surface area (Å²) in [6.07, 6.45) is 3.18. The van der Waals surface area contributed by atoms with Crippen molar-refractivity contribution in [3.05, 3.63) is 85.9 Å². The lowest BCUT2D eigenvalue weighted by Gasteiger charge is -2.17. The van der Waals surface area contributed by atoms with Crippen molar-refractivity contribution in [2.45, 2.75) is 0 Å². The van der Waals surface area contributed by atoms with Gasteiger partial charge in [-0.2, -0.15) is 0 Å². The van der Waals surface area contributed by atoms with E-state index in [1.807, 2.05) is 36.6 Å². The first kappa shape index (κ1) is 21.2. The highest BCUT2D eigenvalue weighted by Gasteiger charge is 2.21. The highest BCUT2D eigenvalue weighted by atomic mass is 79.9. The number of hydrogen-bond donors (Lipinski definition) is 2. The number of halogens is 2. The van der Waals surface area contributed by atoms with E-state index in [2.05, 4.69) is 25.6 Å². The van der Waals surface area contributed by atoms with E-state index in [0.717, 1.165) is 27.1 Å². The van der Waals surface area contributed by atoms with E-state index >= 15 is 4.39 Å². The summed E-state index contributed by atoms with van der Waals surface area (Å²) in [5.74, 6) is -0.340. The molecule has 2 N–H and O–H groups in total. The summed E-state index contributed by atoms with van der Waals surface area (Å²) >= 11 is 4.91. The van der Waals surface area contributed by atoms with Crippen molar-refractivity contribution in [3.63, 3.8) is 0 Å². The number of ether oxygens (including phenoxy) is 1. The van der Waals surface area contributed by atoms with Crippen LogP contribution in [0.3, 0.4) is 0 Å². The number of aromatic nitrogens is 2. The molecule has 0 aliphatic carbocycles. The topological polar surface area (TPSA) is 76.1 Å². The first-order valence-corrected chi connectivity index (χ1v) is 11.2. The molecule has 0 fully saturated rings. The molecule has 0 saturated carbocycles. The lowest BCUT2D eigenvalue weighted by molar-refractivity contribution is 0.410. The number of hydrogen-bond acceptors (Lipinski definition) is 5. The van der Waals surface area contributed by atoms with E-state index in [0.29, 0.717) is 15.8 Å². The Morgan fingerprint density at radius 2 is 1.84 bits per heavy atom. The maximum absolute atomic E-state index is 15.8. The van der Waals surface area contributed by atoms with Crippen LogP contribution in [-0.4, -0.2) is 22.9 Å². The minimum Gasteiger partial charge on any atom is -0.495 e. The monoisotopic (exact) mass is 501 g/mol. The summed E-state index contributed by atoms with van der Waals surface area (Å²) in [6, 6.07) is 14.1. The molecule has 0 amide bonds. The van der Waals surface area contributed by atoms with Crippen molar-refractivity contribution < 1.29 is 9.13 Å². The van der Waals surface area contributed by atoms with E-state index in [1.54, 1.807) is 6.07 Å². The van der Waals surface area contributed by atoms with Gasteiger partial charge in [0.25, 0.3) is 5.56 Å². The third-order valence-electron chi connectivity index (χ3n) is 4.79. The first-order valence-electron chi connectivity index (χ1n) is 9.14. The molecule has 31 heavy (non-hydrogen) atoms. The number of nitrogens with zero attached hydrogens (tertiary/aromatic N) is 1. The average Bonchev–Trinajstić information content (AvgIpc) is 2.75. The zero-order chi connectivity index (χ0) is 22.1. The summed E-state index contributed by atoms with van der Waals surface area (Å²) in [5.41, 5.74) is 0.467. The fourth-order valence-electron chi connectivity index (χ4n) is 3.42. The van der Waals surface area contributed by atoms with Gasteiger partial charge in [-0.3, -0.25) is 14.3 Å². The lowest BCUT2D eigenvalue weighted by atomic mass is 9.99. The predicted octanol–water partition coefficient (Wildman–Crippen LogP) is 4.95. The molecule has 4 rings (SSSR count). The van der Waals surface area contributed by atoms with Crippen LogP contribution in [0.25, 0.3) is 27.6 Å². The van der Waals surface area contributed by atoms with Crippen LogP contribution in [0, 0.1) is 5.82 Å². The van der Waals surface area contributed by atoms with Gasteiger partial charge in [-0.15, -0.1) is 0 Å². The van der Waals surface area contributed by atoms with Crippen molar-refractivity contribution in [3.8, 4) is 22.6 Å². The third-order valence-corrected chi connectivity index (χ3v) is 5.82. The largest absolute Gasteiger partial charge is 0.495 e. The van der Waals surface area contributed by atoms with E-state index in [9.17, 15) is 9.59 Å². The van der Waals surface area contributed by atoms with Crippen LogP contribution >= 0.6 is 27.9 Å². The molecule has 0 saturated heterocycles. The Morgan fingerprint density at radius 1 is 1.10 bits per heavy atom. The number of H-pyrrole nitrogens is 1. The Labute approximate surface area is 189 Å². The summed E-state index contributed by atoms with van der Waals surface area (Å²) < 4.78 is 25.9. The molecule has 4 aromatic rings. The van der Waals surface area contributed by atoms with Gasteiger partial charge in [0.1, 0.15) is 5.75 Å². The fourth-order valence-corrected chi connectivity index (χ4v) is 4.36. The van der Waals surface area contributed by atoms with E-state index in [-0.39, 0.29) is 11.3 Å². The van der Waals surface area contributed by atoms with Crippen LogP contribution < -0.4 is 20.7 Å². The second-order valence-corrected chi connectivity index (χ2v) is 8.13. The molecule has 1 aromatic heterocycles. The Hall–Kier alpha value is -3.04. The fraction of sp³-hybridized carbons (Fsp3) is 0.0909. The molecular weight excluding hydrogens is 485 g/mol. The van der Waals surface area contributed by atoms with Crippen LogP contribution in [0.5, 0.6) is 5.75 Å². The van der Waals surface area contributed by atoms with Gasteiger partial charge in [-0.1, -0.05) is 30.1 Å². The zero-order valence-electron chi connectivity index (χ0n) is 16.5. The number of fused-ring (bicyclic) bond motifs is 1. The molecule has 0 spiro atoms. The van der Waals surface area contributed by atoms with Crippen LogP contribution in [0.2, 0.25) is 0 Å². The molecule has 0 aliphatic heterocycles. The minimum atomic E-state index is -0.734. The molecule has 9 heteroatoms. The summed E-state index contributed by atoms with van der Waals surface area (Å²) in [6.45, 7) is 0. The second-order valence-electron chi connectivity index (χ2n) is 6.66. The van der Waals surface area contributed by atoms with E-state index < -0.39 is 17.1 Å². The van der Waals surface area contributed by atoms with Crippen LogP contribution in [0.1, 0.15) is 0 Å². The van der Waals surface area contributed by atoms with Crippen molar-refractivity contribution in [1.29, 1.82) is 0 Å². The van der Waals surface area contributed by atoms with Crippen molar-refractivity contribution >= 4 is 44.3 Å². The van der Waals surface area contributed by atoms with Gasteiger partial charge < -0.3 is 9.46 Å². The standard InChI is InChI=1S/C22H17BrFN3O3S/c1-30-21-16(23)11-17(27-8-7-18(28)25-22(27)29)20(24)19(21)14-4-3-13-10-15(26-31-2)6-5-12(13)9-14/h3-11,26H,1-2H3,(H,25,28,29). The Bertz CT molecular complexity index is 1420. The van der Waals surface area contributed by atoms with Crippen LogP contribution in [0.15, 0.2) is 68.8 Å². The van der Waals surface area contributed by atoms with Crippen LogP contribution in [0.4, 0.5) is 10.1 Å². The minimum absolute atomic E-state index is 0.0106.